The first-order chi connectivity index (χ1) is 11.4. The van der Waals surface area contributed by atoms with Gasteiger partial charge in [0.1, 0.15) is 0 Å². The molecule has 0 amide bonds. The summed E-state index contributed by atoms with van der Waals surface area (Å²) in [6.07, 6.45) is 3.29. The number of aryl methyl sites for hydroxylation is 2. The van der Waals surface area contributed by atoms with Gasteiger partial charge in [-0.1, -0.05) is 36.4 Å². The van der Waals surface area contributed by atoms with Gasteiger partial charge in [0.05, 0.1) is 22.4 Å². The van der Waals surface area contributed by atoms with E-state index in [-0.39, 0.29) is 0 Å². The molecule has 0 bridgehead atoms. The Bertz CT molecular complexity index is 965. The second-order valence-electron chi connectivity index (χ2n) is 6.23. The predicted octanol–water partition coefficient (Wildman–Crippen LogP) is 4.94. The largest absolute Gasteiger partial charge is 0.246 e. The minimum absolute atomic E-state index is 1.05. The lowest BCUT2D eigenvalue weighted by Crippen LogP contribution is -1.96. The number of benzene rings is 2. The van der Waals surface area contributed by atoms with Crippen molar-refractivity contribution in [2.45, 2.75) is 19.3 Å². The standard InChI is InChI=1S/C21H16N2/c1-3-10-18-14(6-1)12-16-8-5-9-17-13-15-7-2-4-11-19(15)23-21(17)20(16)22-18/h1-4,6-7,10-13H,5,8-9H2. The number of hydrogen-bond donors (Lipinski definition) is 0. The van der Waals surface area contributed by atoms with Gasteiger partial charge in [-0.15, -0.1) is 0 Å². The Hall–Kier alpha value is -2.74. The number of pyridine rings is 2. The van der Waals surface area contributed by atoms with Gasteiger partial charge in [0.25, 0.3) is 0 Å². The molecule has 5 rings (SSSR count). The van der Waals surface area contributed by atoms with Crippen molar-refractivity contribution in [3.8, 4) is 11.4 Å². The minimum Gasteiger partial charge on any atom is -0.246 e. The normalized spacial score (nSPS) is 13.6. The van der Waals surface area contributed by atoms with Crippen LogP contribution in [0.15, 0.2) is 60.7 Å². The van der Waals surface area contributed by atoms with Gasteiger partial charge in [-0.25, -0.2) is 9.97 Å². The van der Waals surface area contributed by atoms with Gasteiger partial charge in [-0.2, -0.15) is 0 Å². The Kier molecular flexibility index (Phi) is 2.71. The summed E-state index contributed by atoms with van der Waals surface area (Å²) in [5.41, 5.74) is 6.89. The summed E-state index contributed by atoms with van der Waals surface area (Å²) < 4.78 is 0. The number of fused-ring (bicyclic) bond motifs is 5. The maximum atomic E-state index is 4.96. The summed E-state index contributed by atoms with van der Waals surface area (Å²) in [4.78, 5) is 9.92. The van der Waals surface area contributed by atoms with Crippen LogP contribution in [0.3, 0.4) is 0 Å². The molecule has 0 saturated carbocycles. The lowest BCUT2D eigenvalue weighted by Gasteiger charge is -2.10. The highest BCUT2D eigenvalue weighted by molar-refractivity contribution is 5.87. The van der Waals surface area contributed by atoms with Crippen LogP contribution in [-0.4, -0.2) is 9.97 Å². The third-order valence-electron chi connectivity index (χ3n) is 4.72. The smallest absolute Gasteiger partial charge is 0.0928 e. The van der Waals surface area contributed by atoms with Gasteiger partial charge < -0.3 is 0 Å². The summed E-state index contributed by atoms with van der Waals surface area (Å²) in [6, 6.07) is 21.3. The molecule has 2 heteroatoms. The van der Waals surface area contributed by atoms with E-state index >= 15 is 0 Å². The van der Waals surface area contributed by atoms with Gasteiger partial charge in [-0.3, -0.25) is 0 Å². The fourth-order valence-corrected chi connectivity index (χ4v) is 3.58. The van der Waals surface area contributed by atoms with Crippen molar-refractivity contribution in [3.63, 3.8) is 0 Å². The first kappa shape index (κ1) is 12.8. The number of hydrogen-bond acceptors (Lipinski definition) is 2. The van der Waals surface area contributed by atoms with Crippen LogP contribution < -0.4 is 0 Å². The summed E-state index contributed by atoms with van der Waals surface area (Å²) in [6.45, 7) is 0. The minimum atomic E-state index is 1.05. The molecule has 1 aliphatic rings. The van der Waals surface area contributed by atoms with Crippen LogP contribution in [0.4, 0.5) is 0 Å². The number of nitrogens with zero attached hydrogens (tertiary/aromatic N) is 2. The molecule has 110 valence electrons. The fraction of sp³-hybridized carbons (Fsp3) is 0.143. The Labute approximate surface area is 134 Å². The maximum Gasteiger partial charge on any atom is 0.0928 e. The molecule has 4 aromatic rings. The second kappa shape index (κ2) is 4.88. The Morgan fingerprint density at radius 3 is 1.61 bits per heavy atom. The SMILES string of the molecule is c1ccc2nc3c(cc2c1)CCCc1cc2ccccc2nc1-3. The highest BCUT2D eigenvalue weighted by atomic mass is 14.8. The average Bonchev–Trinajstić information content (AvgIpc) is 2.76. The Balaban J connectivity index is 1.85. The highest BCUT2D eigenvalue weighted by Gasteiger charge is 2.18. The van der Waals surface area contributed by atoms with Crippen molar-refractivity contribution in [1.29, 1.82) is 0 Å². The van der Waals surface area contributed by atoms with Crippen LogP contribution in [-0.2, 0) is 12.8 Å². The lowest BCUT2D eigenvalue weighted by molar-refractivity contribution is 0.834. The number of para-hydroxylation sites is 2. The molecule has 2 aromatic heterocycles. The molecule has 0 spiro atoms. The van der Waals surface area contributed by atoms with E-state index in [4.69, 9.17) is 9.97 Å². The first-order valence-electron chi connectivity index (χ1n) is 8.16. The molecule has 0 N–H and O–H groups in total. The molecule has 2 heterocycles. The van der Waals surface area contributed by atoms with Crippen LogP contribution in [0.25, 0.3) is 33.2 Å². The zero-order valence-corrected chi connectivity index (χ0v) is 12.8. The monoisotopic (exact) mass is 296 g/mol. The molecule has 2 nitrogen and oxygen atoms in total. The summed E-state index contributed by atoms with van der Waals surface area (Å²) in [5, 5.41) is 2.44. The van der Waals surface area contributed by atoms with Crippen LogP contribution in [0.5, 0.6) is 0 Å². The fourth-order valence-electron chi connectivity index (χ4n) is 3.58. The van der Waals surface area contributed by atoms with Crippen LogP contribution in [0, 0.1) is 0 Å². The van der Waals surface area contributed by atoms with Gasteiger partial charge in [0.2, 0.25) is 0 Å². The van der Waals surface area contributed by atoms with Crippen molar-refractivity contribution < 1.29 is 0 Å². The van der Waals surface area contributed by atoms with E-state index in [1.54, 1.807) is 0 Å². The van der Waals surface area contributed by atoms with E-state index in [0.717, 1.165) is 41.7 Å². The third kappa shape index (κ3) is 2.02. The van der Waals surface area contributed by atoms with Crippen LogP contribution in [0.1, 0.15) is 17.5 Å². The van der Waals surface area contributed by atoms with E-state index in [9.17, 15) is 0 Å². The van der Waals surface area contributed by atoms with E-state index in [0.29, 0.717) is 0 Å². The first-order valence-corrected chi connectivity index (χ1v) is 8.16. The molecule has 0 saturated heterocycles. The van der Waals surface area contributed by atoms with Gasteiger partial charge >= 0.3 is 0 Å². The molecule has 1 aliphatic carbocycles. The van der Waals surface area contributed by atoms with Crippen molar-refractivity contribution in [2.24, 2.45) is 0 Å². The molecular formula is C21H16N2. The Morgan fingerprint density at radius 1 is 0.609 bits per heavy atom. The van der Waals surface area contributed by atoms with Crippen molar-refractivity contribution >= 4 is 21.8 Å². The third-order valence-corrected chi connectivity index (χ3v) is 4.72. The van der Waals surface area contributed by atoms with Crippen LogP contribution in [0.2, 0.25) is 0 Å². The van der Waals surface area contributed by atoms with E-state index in [1.165, 1.54) is 21.9 Å². The number of aromatic nitrogens is 2. The van der Waals surface area contributed by atoms with Gasteiger partial charge in [0.15, 0.2) is 0 Å². The van der Waals surface area contributed by atoms with E-state index in [1.807, 2.05) is 12.1 Å². The molecule has 2 aromatic carbocycles. The molecule has 23 heavy (non-hydrogen) atoms. The molecule has 0 atom stereocenters. The molecule has 0 aliphatic heterocycles. The lowest BCUT2D eigenvalue weighted by atomic mass is 10.0. The van der Waals surface area contributed by atoms with Crippen molar-refractivity contribution in [2.75, 3.05) is 0 Å². The van der Waals surface area contributed by atoms with E-state index in [2.05, 4.69) is 48.5 Å². The van der Waals surface area contributed by atoms with Gasteiger partial charge in [0, 0.05) is 10.8 Å². The van der Waals surface area contributed by atoms with Gasteiger partial charge in [-0.05, 0) is 54.7 Å². The highest BCUT2D eigenvalue weighted by Crippen LogP contribution is 2.33. The van der Waals surface area contributed by atoms with Crippen LogP contribution >= 0.6 is 0 Å². The number of rotatable bonds is 0. The molecule has 0 unspecified atom stereocenters. The average molecular weight is 296 g/mol. The maximum absolute atomic E-state index is 4.96. The predicted molar refractivity (Wildman–Crippen MR) is 94.5 cm³/mol. The Morgan fingerprint density at radius 2 is 1.09 bits per heavy atom. The zero-order valence-electron chi connectivity index (χ0n) is 12.8. The topological polar surface area (TPSA) is 25.8 Å². The quantitative estimate of drug-likeness (QED) is 0.459. The zero-order chi connectivity index (χ0) is 15.2. The summed E-state index contributed by atoms with van der Waals surface area (Å²) in [7, 11) is 0. The molecule has 0 radical (unpaired) electrons. The second-order valence-corrected chi connectivity index (χ2v) is 6.23. The van der Waals surface area contributed by atoms with Crippen molar-refractivity contribution in [1.82, 2.24) is 9.97 Å². The molecule has 0 fully saturated rings. The van der Waals surface area contributed by atoms with E-state index < -0.39 is 0 Å². The molecular weight excluding hydrogens is 280 g/mol. The summed E-state index contributed by atoms with van der Waals surface area (Å²) in [5.74, 6) is 0. The van der Waals surface area contributed by atoms with Crippen molar-refractivity contribution in [3.05, 3.63) is 71.8 Å². The summed E-state index contributed by atoms with van der Waals surface area (Å²) >= 11 is 0.